The molecule has 1 saturated heterocycles. The SMILES string of the molecule is CCc1c2c(nc3ccc(OC(=O)CCCC[C@@H]4CCSS4)cc13)-c1cc3c(c(=O)n1C2)COC(=O)C3(O)CC. The highest BCUT2D eigenvalue weighted by molar-refractivity contribution is 8.77. The average molecular weight is 581 g/mol. The van der Waals surface area contributed by atoms with Crippen molar-refractivity contribution in [2.24, 2.45) is 0 Å². The minimum absolute atomic E-state index is 0.0974. The largest absolute Gasteiger partial charge is 0.458 e. The molecule has 0 bridgehead atoms. The van der Waals surface area contributed by atoms with Crippen LogP contribution in [0, 0.1) is 0 Å². The summed E-state index contributed by atoms with van der Waals surface area (Å²) in [5.41, 5.74) is 2.41. The van der Waals surface area contributed by atoms with E-state index in [0.29, 0.717) is 52.9 Å². The summed E-state index contributed by atoms with van der Waals surface area (Å²) in [5.74, 6) is 0.744. The lowest BCUT2D eigenvalue weighted by molar-refractivity contribution is -0.172. The van der Waals surface area contributed by atoms with E-state index in [2.05, 4.69) is 0 Å². The van der Waals surface area contributed by atoms with E-state index in [-0.39, 0.29) is 24.6 Å². The molecule has 1 fully saturated rings. The molecule has 3 aromatic rings. The average Bonchev–Trinajstić information content (AvgIpc) is 3.60. The van der Waals surface area contributed by atoms with Gasteiger partial charge in [0.1, 0.15) is 12.4 Å². The zero-order valence-electron chi connectivity index (χ0n) is 22.7. The summed E-state index contributed by atoms with van der Waals surface area (Å²) in [7, 11) is 3.91. The fourth-order valence-electron chi connectivity index (χ4n) is 6.00. The van der Waals surface area contributed by atoms with Crippen molar-refractivity contribution in [3.8, 4) is 17.1 Å². The molecule has 0 radical (unpaired) electrons. The van der Waals surface area contributed by atoms with Crippen LogP contribution < -0.4 is 10.3 Å². The van der Waals surface area contributed by atoms with E-state index in [1.54, 1.807) is 23.6 Å². The minimum atomic E-state index is -1.86. The van der Waals surface area contributed by atoms with Crippen molar-refractivity contribution in [2.45, 2.75) is 82.8 Å². The van der Waals surface area contributed by atoms with E-state index in [0.717, 1.165) is 41.3 Å². The van der Waals surface area contributed by atoms with Crippen LogP contribution in [0.1, 0.15) is 74.6 Å². The summed E-state index contributed by atoms with van der Waals surface area (Å²) < 4.78 is 12.5. The van der Waals surface area contributed by atoms with Crippen molar-refractivity contribution in [3.05, 3.63) is 56.9 Å². The molecule has 2 atom stereocenters. The lowest BCUT2D eigenvalue weighted by atomic mass is 9.86. The summed E-state index contributed by atoms with van der Waals surface area (Å²) in [5, 5.41) is 12.7. The number of ether oxygens (including phenoxy) is 2. The first-order valence-electron chi connectivity index (χ1n) is 14.0. The molecule has 10 heteroatoms. The van der Waals surface area contributed by atoms with Crippen LogP contribution in [0.3, 0.4) is 0 Å². The molecule has 0 saturated carbocycles. The second-order valence-corrected chi connectivity index (χ2v) is 13.4. The lowest BCUT2D eigenvalue weighted by Crippen LogP contribution is -2.44. The Balaban J connectivity index is 1.28. The molecular weight excluding hydrogens is 548 g/mol. The number of fused-ring (bicyclic) bond motifs is 5. The van der Waals surface area contributed by atoms with E-state index < -0.39 is 11.6 Å². The lowest BCUT2D eigenvalue weighted by Gasteiger charge is -2.31. The van der Waals surface area contributed by atoms with Gasteiger partial charge >= 0.3 is 11.9 Å². The first kappa shape index (κ1) is 27.4. The van der Waals surface area contributed by atoms with Gasteiger partial charge in [-0.1, -0.05) is 41.9 Å². The van der Waals surface area contributed by atoms with Gasteiger partial charge in [-0.2, -0.15) is 0 Å². The van der Waals surface area contributed by atoms with Gasteiger partial charge in [-0.15, -0.1) is 0 Å². The zero-order valence-corrected chi connectivity index (χ0v) is 24.3. The quantitative estimate of drug-likeness (QED) is 0.129. The molecule has 8 nitrogen and oxygen atoms in total. The molecule has 0 amide bonds. The predicted octanol–water partition coefficient (Wildman–Crippen LogP) is 5.26. The third kappa shape index (κ3) is 4.63. The van der Waals surface area contributed by atoms with Crippen LogP contribution in [0.2, 0.25) is 0 Å². The summed E-state index contributed by atoms with van der Waals surface area (Å²) in [6.07, 6.45) is 5.44. The number of esters is 2. The van der Waals surface area contributed by atoms with Gasteiger partial charge in [-0.25, -0.2) is 9.78 Å². The van der Waals surface area contributed by atoms with E-state index in [1.807, 2.05) is 40.6 Å². The molecule has 6 rings (SSSR count). The number of hydrogen-bond acceptors (Lipinski definition) is 9. The molecule has 1 aromatic carbocycles. The Morgan fingerprint density at radius 1 is 1.23 bits per heavy atom. The van der Waals surface area contributed by atoms with Crippen molar-refractivity contribution < 1.29 is 24.2 Å². The number of carbonyl (C=O) groups excluding carboxylic acids is 2. The van der Waals surface area contributed by atoms with Gasteiger partial charge in [0.05, 0.1) is 29.0 Å². The van der Waals surface area contributed by atoms with Crippen LogP contribution in [0.25, 0.3) is 22.3 Å². The monoisotopic (exact) mass is 580 g/mol. The number of pyridine rings is 2. The Morgan fingerprint density at radius 2 is 2.08 bits per heavy atom. The van der Waals surface area contributed by atoms with Crippen LogP contribution in [-0.2, 0) is 39.5 Å². The molecular formula is C30H32N2O6S2. The Bertz CT molecular complexity index is 1580. The zero-order chi connectivity index (χ0) is 28.0. The fourth-order valence-corrected chi connectivity index (χ4v) is 9.02. The molecule has 1 N–H and O–H groups in total. The highest BCUT2D eigenvalue weighted by atomic mass is 33.1. The van der Waals surface area contributed by atoms with Crippen LogP contribution in [0.15, 0.2) is 29.1 Å². The smallest absolute Gasteiger partial charge is 0.343 e. The highest BCUT2D eigenvalue weighted by Gasteiger charge is 2.45. The Morgan fingerprint density at radius 3 is 2.83 bits per heavy atom. The van der Waals surface area contributed by atoms with Crippen LogP contribution in [-0.4, -0.2) is 37.6 Å². The van der Waals surface area contributed by atoms with Crippen LogP contribution in [0.5, 0.6) is 5.75 Å². The second kappa shape index (κ2) is 10.9. The molecule has 210 valence electrons. The summed E-state index contributed by atoms with van der Waals surface area (Å²) in [6, 6.07) is 7.19. The summed E-state index contributed by atoms with van der Waals surface area (Å²) >= 11 is 0. The second-order valence-electron chi connectivity index (χ2n) is 10.6. The predicted molar refractivity (Wildman–Crippen MR) is 156 cm³/mol. The molecule has 5 heterocycles. The highest BCUT2D eigenvalue weighted by Crippen LogP contribution is 2.41. The Hall–Kier alpha value is -2.82. The van der Waals surface area contributed by atoms with Crippen molar-refractivity contribution in [1.29, 1.82) is 0 Å². The number of carbonyl (C=O) groups is 2. The van der Waals surface area contributed by atoms with E-state index in [9.17, 15) is 19.5 Å². The van der Waals surface area contributed by atoms with Gasteiger partial charge in [0, 0.05) is 33.9 Å². The van der Waals surface area contributed by atoms with Crippen molar-refractivity contribution in [1.82, 2.24) is 9.55 Å². The first-order valence-corrected chi connectivity index (χ1v) is 16.3. The van der Waals surface area contributed by atoms with Crippen molar-refractivity contribution in [3.63, 3.8) is 0 Å². The van der Waals surface area contributed by atoms with E-state index >= 15 is 0 Å². The number of rotatable bonds is 8. The number of unbranched alkanes of at least 4 members (excludes halogenated alkanes) is 1. The number of nitrogens with zero attached hydrogens (tertiary/aromatic N) is 2. The summed E-state index contributed by atoms with van der Waals surface area (Å²) in [6.45, 7) is 3.92. The Kier molecular flexibility index (Phi) is 7.43. The van der Waals surface area contributed by atoms with Crippen molar-refractivity contribution in [2.75, 3.05) is 5.75 Å². The van der Waals surface area contributed by atoms with E-state index in [4.69, 9.17) is 14.5 Å². The third-order valence-corrected chi connectivity index (χ3v) is 11.3. The number of cyclic esters (lactones) is 1. The van der Waals surface area contributed by atoms with Gasteiger partial charge < -0.3 is 19.1 Å². The number of aromatic nitrogens is 2. The number of aliphatic hydroxyl groups is 1. The van der Waals surface area contributed by atoms with Crippen LogP contribution in [0.4, 0.5) is 0 Å². The van der Waals surface area contributed by atoms with E-state index in [1.165, 1.54) is 12.2 Å². The van der Waals surface area contributed by atoms with Crippen molar-refractivity contribution >= 4 is 44.4 Å². The number of aryl methyl sites for hydroxylation is 1. The standard InChI is InChI=1S/C30H32N2O6S2/c1-3-19-20-13-17(38-26(33)8-6-5-7-18-11-12-39-40-18)9-10-24(20)31-27-21(19)15-32-25(27)14-23-22(28(32)34)16-37-29(35)30(23,36)4-2/h9-10,13-14,18,36H,3-8,11-12,15-16H2,1-2H3/t18-,30?/m1/s1. The van der Waals surface area contributed by atoms with Gasteiger partial charge in [-0.05, 0) is 61.9 Å². The van der Waals surface area contributed by atoms with Gasteiger partial charge in [-0.3, -0.25) is 9.59 Å². The maximum Gasteiger partial charge on any atom is 0.343 e. The molecule has 40 heavy (non-hydrogen) atoms. The molecule has 0 spiro atoms. The van der Waals surface area contributed by atoms with Crippen LogP contribution >= 0.6 is 21.6 Å². The molecule has 0 aliphatic carbocycles. The minimum Gasteiger partial charge on any atom is -0.458 e. The van der Waals surface area contributed by atoms with Gasteiger partial charge in [0.15, 0.2) is 5.60 Å². The Labute approximate surface area is 240 Å². The third-order valence-electron chi connectivity index (χ3n) is 8.25. The topological polar surface area (TPSA) is 108 Å². The summed E-state index contributed by atoms with van der Waals surface area (Å²) in [4.78, 5) is 43.4. The van der Waals surface area contributed by atoms with Gasteiger partial charge in [0.2, 0.25) is 0 Å². The molecule has 1 unspecified atom stereocenters. The maximum atomic E-state index is 13.5. The number of hydrogen-bond donors (Lipinski definition) is 1. The fraction of sp³-hybridized carbons (Fsp3) is 0.467. The normalized spacial score (nSPS) is 21.2. The molecule has 3 aliphatic rings. The molecule has 3 aliphatic heterocycles. The molecule has 2 aromatic heterocycles. The maximum absolute atomic E-state index is 13.5. The van der Waals surface area contributed by atoms with Gasteiger partial charge in [0.25, 0.3) is 5.56 Å². The first-order chi connectivity index (χ1) is 19.3. The number of benzene rings is 1.